The van der Waals surface area contributed by atoms with E-state index in [0.29, 0.717) is 5.92 Å². The maximum atomic E-state index is 5.59. The molecule has 0 aromatic carbocycles. The second-order valence-electron chi connectivity index (χ2n) is 2.27. The van der Waals surface area contributed by atoms with Crippen molar-refractivity contribution in [1.29, 1.82) is 0 Å². The van der Waals surface area contributed by atoms with Gasteiger partial charge in [-0.1, -0.05) is 26.8 Å². The summed E-state index contributed by atoms with van der Waals surface area (Å²) < 4.78 is 0. The van der Waals surface area contributed by atoms with E-state index in [1.807, 2.05) is 0 Å². The van der Waals surface area contributed by atoms with Crippen molar-refractivity contribution in [1.82, 2.24) is 0 Å². The lowest BCUT2D eigenvalue weighted by molar-refractivity contribution is 0.750. The molecule has 0 unspecified atom stereocenters. The van der Waals surface area contributed by atoms with Gasteiger partial charge < -0.3 is 5.73 Å². The molecule has 0 bridgehead atoms. The van der Waals surface area contributed by atoms with E-state index in [9.17, 15) is 0 Å². The van der Waals surface area contributed by atoms with Crippen LogP contribution in [0.15, 0.2) is 11.8 Å². The van der Waals surface area contributed by atoms with E-state index < -0.39 is 0 Å². The van der Waals surface area contributed by atoms with Crippen LogP contribution in [0.25, 0.3) is 0 Å². The summed E-state index contributed by atoms with van der Waals surface area (Å²) >= 11 is 0. The van der Waals surface area contributed by atoms with Crippen LogP contribution in [-0.2, 0) is 0 Å². The smallest absolute Gasteiger partial charge is 0.00658 e. The van der Waals surface area contributed by atoms with Crippen LogP contribution in [0.1, 0.15) is 27.2 Å². The monoisotopic (exact) mass is 113 g/mol. The van der Waals surface area contributed by atoms with Gasteiger partial charge in [-0.25, -0.2) is 0 Å². The molecule has 0 amide bonds. The summed E-state index contributed by atoms with van der Waals surface area (Å²) in [6, 6.07) is 0. The molecule has 2 N–H and O–H groups in total. The first kappa shape index (κ1) is 7.54. The molecule has 0 aliphatic rings. The first-order valence-electron chi connectivity index (χ1n) is 3.14. The van der Waals surface area contributed by atoms with Crippen molar-refractivity contribution in [2.24, 2.45) is 11.7 Å². The van der Waals surface area contributed by atoms with E-state index in [1.165, 1.54) is 0 Å². The van der Waals surface area contributed by atoms with Crippen molar-refractivity contribution in [3.8, 4) is 0 Å². The fourth-order valence-electron chi connectivity index (χ4n) is 0.471. The molecule has 8 heavy (non-hydrogen) atoms. The molecular formula is C7H15N. The molecule has 48 valence electrons. The van der Waals surface area contributed by atoms with Gasteiger partial charge in [-0.05, 0) is 12.3 Å². The van der Waals surface area contributed by atoms with Gasteiger partial charge in [-0.2, -0.15) is 0 Å². The highest BCUT2D eigenvalue weighted by molar-refractivity contribution is 4.98. The standard InChI is InChI=1S/C7H15N/c1-4-5-7(8)6(2)3/h5-6H,4,8H2,1-3H3/b7-5-. The molecule has 0 atom stereocenters. The molecule has 0 spiro atoms. The average molecular weight is 113 g/mol. The van der Waals surface area contributed by atoms with Crippen LogP contribution in [0.5, 0.6) is 0 Å². The zero-order valence-electron chi connectivity index (χ0n) is 5.94. The summed E-state index contributed by atoms with van der Waals surface area (Å²) in [6.07, 6.45) is 3.11. The molecule has 0 radical (unpaired) electrons. The van der Waals surface area contributed by atoms with Gasteiger partial charge in [0.05, 0.1) is 0 Å². The minimum Gasteiger partial charge on any atom is -0.402 e. The zero-order chi connectivity index (χ0) is 6.57. The molecule has 0 saturated heterocycles. The summed E-state index contributed by atoms with van der Waals surface area (Å²) in [5, 5.41) is 0. The quantitative estimate of drug-likeness (QED) is 0.581. The number of rotatable bonds is 2. The van der Waals surface area contributed by atoms with Gasteiger partial charge in [-0.3, -0.25) is 0 Å². The highest BCUT2D eigenvalue weighted by atomic mass is 14.6. The molecular weight excluding hydrogens is 98.1 g/mol. The van der Waals surface area contributed by atoms with Crippen molar-refractivity contribution >= 4 is 0 Å². The lowest BCUT2D eigenvalue weighted by atomic mass is 10.1. The Labute approximate surface area is 51.6 Å². The number of hydrogen-bond acceptors (Lipinski definition) is 1. The van der Waals surface area contributed by atoms with Crippen LogP contribution >= 0.6 is 0 Å². The Bertz CT molecular complexity index is 82.4. The van der Waals surface area contributed by atoms with Crippen molar-refractivity contribution in [3.63, 3.8) is 0 Å². The Morgan fingerprint density at radius 2 is 2.12 bits per heavy atom. The number of hydrogen-bond donors (Lipinski definition) is 1. The Balaban J connectivity index is 3.61. The zero-order valence-corrected chi connectivity index (χ0v) is 5.94. The topological polar surface area (TPSA) is 26.0 Å². The lowest BCUT2D eigenvalue weighted by Crippen LogP contribution is -2.03. The third-order valence-electron chi connectivity index (χ3n) is 1.11. The van der Waals surface area contributed by atoms with Gasteiger partial charge in [0, 0.05) is 5.70 Å². The van der Waals surface area contributed by atoms with Crippen LogP contribution in [0, 0.1) is 5.92 Å². The predicted molar refractivity (Wildman–Crippen MR) is 37.4 cm³/mol. The van der Waals surface area contributed by atoms with E-state index in [4.69, 9.17) is 5.73 Å². The summed E-state index contributed by atoms with van der Waals surface area (Å²) in [5.41, 5.74) is 6.60. The maximum Gasteiger partial charge on any atom is 0.00658 e. The predicted octanol–water partition coefficient (Wildman–Crippen LogP) is 1.90. The summed E-state index contributed by atoms with van der Waals surface area (Å²) in [6.45, 7) is 6.29. The molecule has 1 heteroatoms. The first-order valence-corrected chi connectivity index (χ1v) is 3.14. The maximum absolute atomic E-state index is 5.59. The molecule has 0 fully saturated rings. The SMILES string of the molecule is CC/C=C(\N)C(C)C. The Morgan fingerprint density at radius 3 is 2.25 bits per heavy atom. The largest absolute Gasteiger partial charge is 0.402 e. The Kier molecular flexibility index (Phi) is 3.33. The normalized spacial score (nSPS) is 12.8. The molecule has 1 nitrogen and oxygen atoms in total. The van der Waals surface area contributed by atoms with Crippen LogP contribution in [0.3, 0.4) is 0 Å². The van der Waals surface area contributed by atoms with Crippen molar-refractivity contribution in [2.75, 3.05) is 0 Å². The van der Waals surface area contributed by atoms with E-state index in [1.54, 1.807) is 0 Å². The van der Waals surface area contributed by atoms with Crippen LogP contribution < -0.4 is 5.73 Å². The highest BCUT2D eigenvalue weighted by Gasteiger charge is 1.92. The fourth-order valence-corrected chi connectivity index (χ4v) is 0.471. The summed E-state index contributed by atoms with van der Waals surface area (Å²) in [4.78, 5) is 0. The van der Waals surface area contributed by atoms with E-state index in [2.05, 4.69) is 26.8 Å². The number of nitrogens with two attached hydrogens (primary N) is 1. The van der Waals surface area contributed by atoms with Gasteiger partial charge in [0.25, 0.3) is 0 Å². The molecule has 0 aromatic rings. The van der Waals surface area contributed by atoms with Crippen LogP contribution in [-0.4, -0.2) is 0 Å². The molecule has 0 aromatic heterocycles. The second kappa shape index (κ2) is 3.53. The minimum absolute atomic E-state index is 0.509. The summed E-state index contributed by atoms with van der Waals surface area (Å²) in [5.74, 6) is 0.509. The highest BCUT2D eigenvalue weighted by Crippen LogP contribution is 2.01. The van der Waals surface area contributed by atoms with Gasteiger partial charge >= 0.3 is 0 Å². The first-order chi connectivity index (χ1) is 3.68. The molecule has 0 saturated carbocycles. The van der Waals surface area contributed by atoms with Crippen molar-refractivity contribution < 1.29 is 0 Å². The van der Waals surface area contributed by atoms with Gasteiger partial charge in [-0.15, -0.1) is 0 Å². The second-order valence-corrected chi connectivity index (χ2v) is 2.27. The van der Waals surface area contributed by atoms with Crippen LogP contribution in [0.2, 0.25) is 0 Å². The lowest BCUT2D eigenvalue weighted by Gasteiger charge is -2.02. The van der Waals surface area contributed by atoms with E-state index in [-0.39, 0.29) is 0 Å². The Hall–Kier alpha value is -0.460. The fraction of sp³-hybridized carbons (Fsp3) is 0.714. The molecule has 0 rings (SSSR count). The molecule has 0 aliphatic carbocycles. The average Bonchev–Trinajstić information content (AvgIpc) is 1.67. The van der Waals surface area contributed by atoms with Crippen molar-refractivity contribution in [2.45, 2.75) is 27.2 Å². The van der Waals surface area contributed by atoms with Crippen LogP contribution in [0.4, 0.5) is 0 Å². The van der Waals surface area contributed by atoms with E-state index >= 15 is 0 Å². The Morgan fingerprint density at radius 1 is 1.62 bits per heavy atom. The third kappa shape index (κ3) is 2.67. The minimum atomic E-state index is 0.509. The third-order valence-corrected chi connectivity index (χ3v) is 1.11. The van der Waals surface area contributed by atoms with Gasteiger partial charge in [0.1, 0.15) is 0 Å². The summed E-state index contributed by atoms with van der Waals surface area (Å²) in [7, 11) is 0. The molecule has 0 aliphatic heterocycles. The van der Waals surface area contributed by atoms with Gasteiger partial charge in [0.2, 0.25) is 0 Å². The van der Waals surface area contributed by atoms with E-state index in [0.717, 1.165) is 12.1 Å². The van der Waals surface area contributed by atoms with Gasteiger partial charge in [0.15, 0.2) is 0 Å². The number of allylic oxidation sites excluding steroid dienone is 2. The van der Waals surface area contributed by atoms with Crippen molar-refractivity contribution in [3.05, 3.63) is 11.8 Å². The molecule has 0 heterocycles.